The molecule has 1 atom stereocenters. The molecule has 1 rings (SSSR count). The van der Waals surface area contributed by atoms with Crippen molar-refractivity contribution in [2.75, 3.05) is 20.3 Å². The minimum atomic E-state index is -0.409. The predicted molar refractivity (Wildman–Crippen MR) is 62.1 cm³/mol. The monoisotopic (exact) mass is 229 g/mol. The molecule has 16 heavy (non-hydrogen) atoms. The topological polar surface area (TPSA) is 49.8 Å². The summed E-state index contributed by atoms with van der Waals surface area (Å²) in [6.07, 6.45) is 5.33. The summed E-state index contributed by atoms with van der Waals surface area (Å²) in [5, 5.41) is 9.04. The van der Waals surface area contributed by atoms with Crippen molar-refractivity contribution in [1.82, 2.24) is 4.90 Å². The van der Waals surface area contributed by atoms with E-state index in [2.05, 4.69) is 0 Å². The third kappa shape index (κ3) is 3.46. The Balaban J connectivity index is 2.60. The Morgan fingerprint density at radius 2 is 2.06 bits per heavy atom. The van der Waals surface area contributed by atoms with E-state index >= 15 is 0 Å². The first kappa shape index (κ1) is 13.5. The van der Waals surface area contributed by atoms with Crippen LogP contribution in [0, 0.1) is 0 Å². The largest absolute Gasteiger partial charge is 0.395 e. The molecule has 1 aliphatic carbocycles. The Morgan fingerprint density at radius 1 is 1.44 bits per heavy atom. The molecule has 4 nitrogen and oxygen atoms in total. The molecule has 1 aliphatic rings. The zero-order chi connectivity index (χ0) is 12.0. The molecule has 0 radical (unpaired) electrons. The van der Waals surface area contributed by atoms with Gasteiger partial charge in [0.15, 0.2) is 0 Å². The van der Waals surface area contributed by atoms with E-state index in [1.54, 1.807) is 18.9 Å². The number of methoxy groups -OCH3 is 1. The van der Waals surface area contributed by atoms with Crippen LogP contribution < -0.4 is 0 Å². The SMILES string of the molecule is COC(C)C(=O)N(CCO)C1CCCCC1. The zero-order valence-corrected chi connectivity index (χ0v) is 10.3. The lowest BCUT2D eigenvalue weighted by Gasteiger charge is -2.35. The molecule has 0 aromatic heterocycles. The fourth-order valence-electron chi connectivity index (χ4n) is 2.31. The van der Waals surface area contributed by atoms with E-state index in [1.807, 2.05) is 0 Å². The first-order chi connectivity index (χ1) is 7.70. The molecular weight excluding hydrogens is 206 g/mol. The second-order valence-corrected chi connectivity index (χ2v) is 4.43. The van der Waals surface area contributed by atoms with Crippen molar-refractivity contribution >= 4 is 5.91 Å². The van der Waals surface area contributed by atoms with E-state index < -0.39 is 6.10 Å². The molecule has 94 valence electrons. The standard InChI is InChI=1S/C12H23NO3/c1-10(16-2)12(15)13(8-9-14)11-6-4-3-5-7-11/h10-11,14H,3-9H2,1-2H3. The highest BCUT2D eigenvalue weighted by atomic mass is 16.5. The van der Waals surface area contributed by atoms with E-state index in [9.17, 15) is 4.79 Å². The zero-order valence-electron chi connectivity index (χ0n) is 10.3. The summed E-state index contributed by atoms with van der Waals surface area (Å²) in [5.41, 5.74) is 0. The maximum absolute atomic E-state index is 12.1. The van der Waals surface area contributed by atoms with Crippen LogP contribution in [-0.4, -0.2) is 48.3 Å². The number of nitrogens with zero attached hydrogens (tertiary/aromatic N) is 1. The van der Waals surface area contributed by atoms with Crippen LogP contribution in [0.5, 0.6) is 0 Å². The van der Waals surface area contributed by atoms with Crippen molar-refractivity contribution in [3.8, 4) is 0 Å². The summed E-state index contributed by atoms with van der Waals surface area (Å²) < 4.78 is 5.06. The fourth-order valence-corrected chi connectivity index (χ4v) is 2.31. The van der Waals surface area contributed by atoms with E-state index in [0.29, 0.717) is 12.6 Å². The van der Waals surface area contributed by atoms with Gasteiger partial charge >= 0.3 is 0 Å². The van der Waals surface area contributed by atoms with E-state index in [-0.39, 0.29) is 12.5 Å². The van der Waals surface area contributed by atoms with Crippen molar-refractivity contribution in [2.45, 2.75) is 51.2 Å². The molecule has 0 saturated heterocycles. The number of hydrogen-bond donors (Lipinski definition) is 1. The second-order valence-electron chi connectivity index (χ2n) is 4.43. The first-order valence-electron chi connectivity index (χ1n) is 6.14. The van der Waals surface area contributed by atoms with Gasteiger partial charge in [0, 0.05) is 19.7 Å². The van der Waals surface area contributed by atoms with Gasteiger partial charge in [-0.1, -0.05) is 19.3 Å². The molecule has 4 heteroatoms. The highest BCUT2D eigenvalue weighted by Crippen LogP contribution is 2.23. The van der Waals surface area contributed by atoms with Gasteiger partial charge in [0.25, 0.3) is 5.91 Å². The summed E-state index contributed by atoms with van der Waals surface area (Å²) in [5.74, 6) is 0.00319. The summed E-state index contributed by atoms with van der Waals surface area (Å²) in [6, 6.07) is 0.297. The molecule has 0 aliphatic heterocycles. The lowest BCUT2D eigenvalue weighted by molar-refractivity contribution is -0.144. The summed E-state index contributed by atoms with van der Waals surface area (Å²) in [6.45, 7) is 2.21. The predicted octanol–water partition coefficient (Wildman–Crippen LogP) is 1.17. The number of rotatable bonds is 5. The van der Waals surface area contributed by atoms with Crippen LogP contribution in [0.3, 0.4) is 0 Å². The van der Waals surface area contributed by atoms with Gasteiger partial charge in [-0.15, -0.1) is 0 Å². The van der Waals surface area contributed by atoms with Crippen molar-refractivity contribution < 1.29 is 14.6 Å². The van der Waals surface area contributed by atoms with Crippen LogP contribution >= 0.6 is 0 Å². The summed E-state index contributed by atoms with van der Waals surface area (Å²) >= 11 is 0. The van der Waals surface area contributed by atoms with Gasteiger partial charge in [-0.3, -0.25) is 4.79 Å². The highest BCUT2D eigenvalue weighted by molar-refractivity contribution is 5.80. The van der Waals surface area contributed by atoms with Gasteiger partial charge in [-0.05, 0) is 19.8 Å². The molecule has 0 bridgehead atoms. The van der Waals surface area contributed by atoms with Gasteiger partial charge in [0.2, 0.25) is 0 Å². The van der Waals surface area contributed by atoms with Crippen molar-refractivity contribution in [2.24, 2.45) is 0 Å². The number of carbonyl (C=O) groups excluding carboxylic acids is 1. The number of aliphatic hydroxyl groups is 1. The molecule has 1 amide bonds. The van der Waals surface area contributed by atoms with E-state index in [4.69, 9.17) is 9.84 Å². The molecule has 1 fully saturated rings. The lowest BCUT2D eigenvalue weighted by Crippen LogP contribution is -2.47. The average molecular weight is 229 g/mol. The lowest BCUT2D eigenvalue weighted by atomic mass is 9.94. The Labute approximate surface area is 97.6 Å². The molecule has 0 spiro atoms. The molecule has 1 saturated carbocycles. The minimum absolute atomic E-state index is 0.00319. The Morgan fingerprint density at radius 3 is 2.56 bits per heavy atom. The molecule has 0 aromatic rings. The van der Waals surface area contributed by atoms with Gasteiger partial charge in [-0.25, -0.2) is 0 Å². The van der Waals surface area contributed by atoms with Gasteiger partial charge in [0.1, 0.15) is 6.10 Å². The molecular formula is C12H23NO3. The molecule has 1 N–H and O–H groups in total. The minimum Gasteiger partial charge on any atom is -0.395 e. The number of ether oxygens (including phenoxy) is 1. The quantitative estimate of drug-likeness (QED) is 0.770. The number of amides is 1. The van der Waals surface area contributed by atoms with E-state index in [0.717, 1.165) is 12.8 Å². The van der Waals surface area contributed by atoms with Crippen molar-refractivity contribution in [3.63, 3.8) is 0 Å². The summed E-state index contributed by atoms with van der Waals surface area (Å²) in [4.78, 5) is 13.9. The molecule has 1 unspecified atom stereocenters. The first-order valence-corrected chi connectivity index (χ1v) is 6.14. The normalized spacial score (nSPS) is 19.4. The van der Waals surface area contributed by atoms with Gasteiger partial charge < -0.3 is 14.7 Å². The smallest absolute Gasteiger partial charge is 0.251 e. The molecule has 0 aromatic carbocycles. The van der Waals surface area contributed by atoms with E-state index in [1.165, 1.54) is 19.3 Å². The van der Waals surface area contributed by atoms with Crippen LogP contribution in [0.25, 0.3) is 0 Å². The average Bonchev–Trinajstić information content (AvgIpc) is 2.35. The number of carbonyl (C=O) groups is 1. The maximum atomic E-state index is 12.1. The van der Waals surface area contributed by atoms with Crippen LogP contribution in [0.15, 0.2) is 0 Å². The van der Waals surface area contributed by atoms with Crippen molar-refractivity contribution in [1.29, 1.82) is 0 Å². The maximum Gasteiger partial charge on any atom is 0.251 e. The van der Waals surface area contributed by atoms with Crippen LogP contribution in [-0.2, 0) is 9.53 Å². The summed E-state index contributed by atoms with van der Waals surface area (Å²) in [7, 11) is 1.54. The highest BCUT2D eigenvalue weighted by Gasteiger charge is 2.27. The van der Waals surface area contributed by atoms with Crippen LogP contribution in [0.1, 0.15) is 39.0 Å². The fraction of sp³-hybridized carbons (Fsp3) is 0.917. The Kier molecular flexibility index (Phi) is 5.77. The Bertz CT molecular complexity index is 214. The van der Waals surface area contributed by atoms with Crippen LogP contribution in [0.4, 0.5) is 0 Å². The number of hydrogen-bond acceptors (Lipinski definition) is 3. The number of aliphatic hydroxyl groups excluding tert-OH is 1. The third-order valence-electron chi connectivity index (χ3n) is 3.34. The third-order valence-corrected chi connectivity index (χ3v) is 3.34. The molecule has 0 heterocycles. The van der Waals surface area contributed by atoms with Gasteiger partial charge in [-0.2, -0.15) is 0 Å². The van der Waals surface area contributed by atoms with Crippen molar-refractivity contribution in [3.05, 3.63) is 0 Å². The Hall–Kier alpha value is -0.610. The van der Waals surface area contributed by atoms with Gasteiger partial charge in [0.05, 0.1) is 6.61 Å². The van der Waals surface area contributed by atoms with Crippen LogP contribution in [0.2, 0.25) is 0 Å². The second kappa shape index (κ2) is 6.86.